The number of carbonyl (C=O) groups excluding carboxylic acids is 2. The Kier molecular flexibility index (Phi) is 9.18. The predicted octanol–water partition coefficient (Wildman–Crippen LogP) is 5.73. The second-order valence-electron chi connectivity index (χ2n) is 8.36. The van der Waals surface area contributed by atoms with Gasteiger partial charge in [-0.05, 0) is 29.8 Å². The fourth-order valence-corrected chi connectivity index (χ4v) is 3.66. The summed E-state index contributed by atoms with van der Waals surface area (Å²) in [6.45, 7) is 0.663. The van der Waals surface area contributed by atoms with E-state index in [0.29, 0.717) is 30.4 Å². The van der Waals surface area contributed by atoms with Crippen molar-refractivity contribution in [2.24, 2.45) is 0 Å². The lowest BCUT2D eigenvalue weighted by molar-refractivity contribution is -0.139. The number of methoxy groups -OCH3 is 1. The summed E-state index contributed by atoms with van der Waals surface area (Å²) in [5, 5.41) is 6.45. The number of aromatic nitrogens is 2. The van der Waals surface area contributed by atoms with Gasteiger partial charge in [0.05, 0.1) is 13.5 Å². The van der Waals surface area contributed by atoms with Gasteiger partial charge < -0.3 is 20.3 Å². The fraction of sp³-hybridized carbons (Fsp3) is 0.133. The third-order valence-corrected chi connectivity index (χ3v) is 5.59. The van der Waals surface area contributed by atoms with E-state index < -0.39 is 0 Å². The van der Waals surface area contributed by atoms with E-state index in [2.05, 4.69) is 20.6 Å². The Bertz CT molecular complexity index is 1360. The van der Waals surface area contributed by atoms with Crippen LogP contribution in [0.25, 0.3) is 0 Å². The van der Waals surface area contributed by atoms with Gasteiger partial charge in [-0.15, -0.1) is 0 Å². The van der Waals surface area contributed by atoms with Crippen molar-refractivity contribution in [3.05, 3.63) is 120 Å². The standard InChI is InChI=1S/C30H29N5O3/c1-38-27(36)19-11-12-20-35(22-23-13-5-2-6-14-23)29(37)26-21-31-30(33-25-17-9-4-10-18-25)34-28(26)32-24-15-7-3-8-16-24/h2-18,21H,19-20,22H2,1H3,(H2,31,32,33,34)/b12-11+. The van der Waals surface area contributed by atoms with Gasteiger partial charge in [-0.2, -0.15) is 4.98 Å². The Labute approximate surface area is 222 Å². The maximum Gasteiger partial charge on any atom is 0.309 e. The summed E-state index contributed by atoms with van der Waals surface area (Å²) >= 11 is 0. The smallest absolute Gasteiger partial charge is 0.309 e. The van der Waals surface area contributed by atoms with E-state index in [-0.39, 0.29) is 18.3 Å². The molecule has 0 fully saturated rings. The number of amides is 1. The third kappa shape index (κ3) is 7.51. The average Bonchev–Trinajstić information content (AvgIpc) is 2.96. The van der Waals surface area contributed by atoms with Crippen LogP contribution in [0.3, 0.4) is 0 Å². The van der Waals surface area contributed by atoms with Gasteiger partial charge in [-0.25, -0.2) is 4.98 Å². The molecule has 0 saturated carbocycles. The first-order valence-corrected chi connectivity index (χ1v) is 12.2. The highest BCUT2D eigenvalue weighted by Gasteiger charge is 2.21. The Morgan fingerprint density at radius 2 is 1.45 bits per heavy atom. The molecule has 1 heterocycles. The summed E-state index contributed by atoms with van der Waals surface area (Å²) in [5.41, 5.74) is 2.92. The molecule has 0 saturated heterocycles. The molecule has 8 nitrogen and oxygen atoms in total. The molecule has 3 aromatic carbocycles. The van der Waals surface area contributed by atoms with Crippen LogP contribution in [0.4, 0.5) is 23.1 Å². The highest BCUT2D eigenvalue weighted by atomic mass is 16.5. The molecule has 0 spiro atoms. The minimum absolute atomic E-state index is 0.133. The maximum atomic E-state index is 13.9. The summed E-state index contributed by atoms with van der Waals surface area (Å²) in [6.07, 6.45) is 5.15. The number of rotatable bonds is 11. The van der Waals surface area contributed by atoms with Gasteiger partial charge in [0, 0.05) is 30.7 Å². The van der Waals surface area contributed by atoms with Crippen molar-refractivity contribution in [2.45, 2.75) is 13.0 Å². The van der Waals surface area contributed by atoms with Crippen LogP contribution in [0.2, 0.25) is 0 Å². The Hall–Kier alpha value is -4.98. The first-order chi connectivity index (χ1) is 18.6. The van der Waals surface area contributed by atoms with Crippen LogP contribution in [0.15, 0.2) is 109 Å². The minimum atomic E-state index is -0.341. The minimum Gasteiger partial charge on any atom is -0.469 e. The lowest BCUT2D eigenvalue weighted by atomic mass is 10.1. The number of esters is 1. The van der Waals surface area contributed by atoms with Gasteiger partial charge in [0.25, 0.3) is 5.91 Å². The van der Waals surface area contributed by atoms with Crippen LogP contribution in [-0.2, 0) is 16.1 Å². The fourth-order valence-electron chi connectivity index (χ4n) is 3.66. The maximum absolute atomic E-state index is 13.9. The number of carbonyl (C=O) groups is 2. The van der Waals surface area contributed by atoms with Crippen molar-refractivity contribution < 1.29 is 14.3 Å². The molecule has 0 bridgehead atoms. The first kappa shape index (κ1) is 26.1. The number of nitrogens with zero attached hydrogens (tertiary/aromatic N) is 3. The molecule has 1 aromatic heterocycles. The summed E-state index contributed by atoms with van der Waals surface area (Å²) in [4.78, 5) is 36.1. The van der Waals surface area contributed by atoms with E-state index in [0.717, 1.165) is 16.9 Å². The molecule has 4 rings (SSSR count). The number of anilines is 4. The normalized spacial score (nSPS) is 10.7. The summed E-state index contributed by atoms with van der Waals surface area (Å²) in [5.74, 6) is 0.151. The first-order valence-electron chi connectivity index (χ1n) is 12.2. The number of benzene rings is 3. The van der Waals surface area contributed by atoms with Gasteiger partial charge in [-0.1, -0.05) is 78.9 Å². The number of ether oxygens (including phenoxy) is 1. The van der Waals surface area contributed by atoms with E-state index in [1.807, 2.05) is 91.0 Å². The van der Waals surface area contributed by atoms with Crippen LogP contribution in [0.1, 0.15) is 22.3 Å². The van der Waals surface area contributed by atoms with Gasteiger partial charge in [0.15, 0.2) is 0 Å². The molecular formula is C30H29N5O3. The van der Waals surface area contributed by atoms with Gasteiger partial charge in [0.2, 0.25) is 5.95 Å². The second kappa shape index (κ2) is 13.4. The van der Waals surface area contributed by atoms with E-state index in [9.17, 15) is 9.59 Å². The zero-order chi connectivity index (χ0) is 26.6. The average molecular weight is 508 g/mol. The topological polar surface area (TPSA) is 96.5 Å². The van der Waals surface area contributed by atoms with E-state index in [1.54, 1.807) is 17.1 Å². The van der Waals surface area contributed by atoms with Crippen molar-refractivity contribution in [3.8, 4) is 0 Å². The molecule has 38 heavy (non-hydrogen) atoms. The second-order valence-corrected chi connectivity index (χ2v) is 8.36. The molecule has 0 unspecified atom stereocenters. The molecule has 0 aliphatic rings. The third-order valence-electron chi connectivity index (χ3n) is 5.59. The summed E-state index contributed by atoms with van der Waals surface area (Å²) < 4.78 is 4.69. The van der Waals surface area contributed by atoms with Crippen molar-refractivity contribution in [3.63, 3.8) is 0 Å². The molecule has 1 amide bonds. The molecule has 0 atom stereocenters. The SMILES string of the molecule is COC(=O)C/C=C/CN(Cc1ccccc1)C(=O)c1cnc(Nc2ccccc2)nc1Nc1ccccc1. The van der Waals surface area contributed by atoms with Crippen molar-refractivity contribution in [2.75, 3.05) is 24.3 Å². The summed E-state index contributed by atoms with van der Waals surface area (Å²) in [7, 11) is 1.35. The lowest BCUT2D eigenvalue weighted by Crippen LogP contribution is -2.31. The van der Waals surface area contributed by atoms with Crippen molar-refractivity contribution in [1.29, 1.82) is 0 Å². The van der Waals surface area contributed by atoms with E-state index in [1.165, 1.54) is 13.3 Å². The zero-order valence-corrected chi connectivity index (χ0v) is 21.1. The van der Waals surface area contributed by atoms with Crippen LogP contribution < -0.4 is 10.6 Å². The predicted molar refractivity (Wildman–Crippen MR) is 148 cm³/mol. The number of hydrogen-bond donors (Lipinski definition) is 2. The highest BCUT2D eigenvalue weighted by molar-refractivity contribution is 5.99. The Balaban J connectivity index is 1.64. The van der Waals surface area contributed by atoms with Gasteiger partial charge in [-0.3, -0.25) is 9.59 Å². The summed E-state index contributed by atoms with van der Waals surface area (Å²) in [6, 6.07) is 28.8. The van der Waals surface area contributed by atoms with Gasteiger partial charge >= 0.3 is 5.97 Å². The van der Waals surface area contributed by atoms with Crippen molar-refractivity contribution in [1.82, 2.24) is 14.9 Å². The molecule has 192 valence electrons. The van der Waals surface area contributed by atoms with Crippen molar-refractivity contribution >= 4 is 35.0 Å². The molecule has 2 N–H and O–H groups in total. The quantitative estimate of drug-likeness (QED) is 0.198. The molecular weight excluding hydrogens is 478 g/mol. The van der Waals surface area contributed by atoms with E-state index >= 15 is 0 Å². The number of nitrogens with one attached hydrogen (secondary N) is 2. The number of hydrogen-bond acceptors (Lipinski definition) is 7. The highest BCUT2D eigenvalue weighted by Crippen LogP contribution is 2.23. The van der Waals surface area contributed by atoms with Gasteiger partial charge in [0.1, 0.15) is 11.4 Å². The largest absolute Gasteiger partial charge is 0.469 e. The van der Waals surface area contributed by atoms with Crippen LogP contribution in [0.5, 0.6) is 0 Å². The van der Waals surface area contributed by atoms with E-state index in [4.69, 9.17) is 4.74 Å². The van der Waals surface area contributed by atoms with Crippen LogP contribution >= 0.6 is 0 Å². The molecule has 8 heteroatoms. The molecule has 4 aromatic rings. The van der Waals surface area contributed by atoms with Crippen LogP contribution in [0, 0.1) is 0 Å². The number of para-hydroxylation sites is 2. The molecule has 0 radical (unpaired) electrons. The van der Waals surface area contributed by atoms with Crippen LogP contribution in [-0.4, -0.2) is 40.4 Å². The monoisotopic (exact) mass is 507 g/mol. The lowest BCUT2D eigenvalue weighted by Gasteiger charge is -2.23. The molecule has 0 aliphatic heterocycles. The molecule has 0 aliphatic carbocycles. The zero-order valence-electron chi connectivity index (χ0n) is 21.1. The Morgan fingerprint density at radius 1 is 0.842 bits per heavy atom. The Morgan fingerprint density at radius 3 is 2.08 bits per heavy atom.